The van der Waals surface area contributed by atoms with Crippen molar-refractivity contribution in [3.05, 3.63) is 29.8 Å². The van der Waals surface area contributed by atoms with E-state index < -0.39 is 0 Å². The lowest BCUT2D eigenvalue weighted by molar-refractivity contribution is 0.0837. The Morgan fingerprint density at radius 1 is 1.53 bits per heavy atom. The summed E-state index contributed by atoms with van der Waals surface area (Å²) < 4.78 is 5.42. The molecule has 0 aliphatic carbocycles. The Hall–Kier alpha value is -0.510. The molecule has 0 aromatic heterocycles. The fraction of sp³-hybridized carbons (Fsp3) is 0.500. The van der Waals surface area contributed by atoms with Crippen LogP contribution in [0.15, 0.2) is 29.2 Å². The van der Waals surface area contributed by atoms with Crippen LogP contribution in [0.25, 0.3) is 0 Å². The topological polar surface area (TPSA) is 21.3 Å². The third-order valence-electron chi connectivity index (χ3n) is 2.44. The summed E-state index contributed by atoms with van der Waals surface area (Å²) in [5.74, 6) is 1.09. The van der Waals surface area contributed by atoms with Crippen LogP contribution in [0.2, 0.25) is 0 Å². The van der Waals surface area contributed by atoms with Crippen molar-refractivity contribution in [3.63, 3.8) is 0 Å². The molecule has 1 aromatic rings. The van der Waals surface area contributed by atoms with Gasteiger partial charge in [-0.2, -0.15) is 0 Å². The van der Waals surface area contributed by atoms with Gasteiger partial charge in [0.1, 0.15) is 0 Å². The number of benzene rings is 1. The second-order valence-corrected chi connectivity index (χ2v) is 4.95. The highest BCUT2D eigenvalue weighted by Crippen LogP contribution is 2.20. The van der Waals surface area contributed by atoms with E-state index in [1.165, 1.54) is 10.5 Å². The molecule has 1 aromatic carbocycles. The summed E-state index contributed by atoms with van der Waals surface area (Å²) in [6.07, 6.45) is 0. The number of thioether (sulfide) groups is 1. The lowest BCUT2D eigenvalue weighted by Gasteiger charge is -2.23. The summed E-state index contributed by atoms with van der Waals surface area (Å²) in [7, 11) is 0. The van der Waals surface area contributed by atoms with E-state index in [1.54, 1.807) is 0 Å². The average molecular weight is 223 g/mol. The summed E-state index contributed by atoms with van der Waals surface area (Å²) in [5.41, 5.74) is 1.33. The van der Waals surface area contributed by atoms with Crippen LogP contribution < -0.4 is 5.32 Å². The van der Waals surface area contributed by atoms with Gasteiger partial charge in [0, 0.05) is 23.2 Å². The number of hydrogen-bond acceptors (Lipinski definition) is 3. The summed E-state index contributed by atoms with van der Waals surface area (Å²) >= 11 is 1.90. The number of nitrogens with one attached hydrogen (secondary N) is 1. The molecule has 1 N–H and O–H groups in total. The molecule has 82 valence electrons. The quantitative estimate of drug-likeness (QED) is 0.793. The van der Waals surface area contributed by atoms with Crippen LogP contribution in [0.3, 0.4) is 0 Å². The van der Waals surface area contributed by atoms with Crippen molar-refractivity contribution < 1.29 is 4.74 Å². The molecule has 0 saturated carbocycles. The van der Waals surface area contributed by atoms with Gasteiger partial charge in [-0.25, -0.2) is 0 Å². The van der Waals surface area contributed by atoms with Gasteiger partial charge in [-0.05, 0) is 19.1 Å². The lowest BCUT2D eigenvalue weighted by atomic mass is 10.2. The molecule has 3 heteroatoms. The molecule has 1 aliphatic rings. The van der Waals surface area contributed by atoms with Crippen molar-refractivity contribution in [3.8, 4) is 0 Å². The van der Waals surface area contributed by atoms with Crippen LogP contribution in [-0.2, 0) is 4.74 Å². The van der Waals surface area contributed by atoms with E-state index in [4.69, 9.17) is 4.74 Å². The fourth-order valence-electron chi connectivity index (χ4n) is 1.63. The van der Waals surface area contributed by atoms with E-state index in [1.807, 2.05) is 11.8 Å². The predicted octanol–water partition coefficient (Wildman–Crippen LogP) is 2.08. The van der Waals surface area contributed by atoms with Crippen LogP contribution in [-0.4, -0.2) is 31.6 Å². The zero-order valence-electron chi connectivity index (χ0n) is 9.03. The molecule has 2 rings (SSSR count). The van der Waals surface area contributed by atoms with Gasteiger partial charge in [0.05, 0.1) is 13.2 Å². The first-order chi connectivity index (χ1) is 7.34. The van der Waals surface area contributed by atoms with Crippen LogP contribution in [0.4, 0.5) is 0 Å². The van der Waals surface area contributed by atoms with Gasteiger partial charge in [0.15, 0.2) is 0 Å². The molecule has 1 fully saturated rings. The summed E-state index contributed by atoms with van der Waals surface area (Å²) in [6.45, 7) is 4.81. The van der Waals surface area contributed by atoms with E-state index in [2.05, 4.69) is 36.5 Å². The highest BCUT2D eigenvalue weighted by Gasteiger charge is 2.12. The van der Waals surface area contributed by atoms with Crippen LogP contribution in [0, 0.1) is 6.92 Å². The molecule has 0 amide bonds. The Morgan fingerprint density at radius 2 is 2.47 bits per heavy atom. The summed E-state index contributed by atoms with van der Waals surface area (Å²) in [5, 5.41) is 3.46. The SMILES string of the molecule is Cc1cccc(SCC2COCCN2)c1. The molecule has 1 unspecified atom stereocenters. The first-order valence-electron chi connectivity index (χ1n) is 5.35. The van der Waals surface area contributed by atoms with Gasteiger partial charge in [0.2, 0.25) is 0 Å². The maximum Gasteiger partial charge on any atom is 0.0628 e. The van der Waals surface area contributed by atoms with Crippen molar-refractivity contribution in [2.45, 2.75) is 17.9 Å². The van der Waals surface area contributed by atoms with Gasteiger partial charge in [-0.15, -0.1) is 11.8 Å². The average Bonchev–Trinajstić information content (AvgIpc) is 2.28. The predicted molar refractivity (Wildman–Crippen MR) is 64.5 cm³/mol. The summed E-state index contributed by atoms with van der Waals surface area (Å²) in [4.78, 5) is 1.35. The Kier molecular flexibility index (Phi) is 4.06. The highest BCUT2D eigenvalue weighted by atomic mass is 32.2. The molecular formula is C12H17NOS. The lowest BCUT2D eigenvalue weighted by Crippen LogP contribution is -2.42. The van der Waals surface area contributed by atoms with Crippen molar-refractivity contribution in [1.82, 2.24) is 5.32 Å². The van der Waals surface area contributed by atoms with E-state index >= 15 is 0 Å². The second kappa shape index (κ2) is 5.54. The number of rotatable bonds is 3. The molecule has 1 atom stereocenters. The zero-order chi connectivity index (χ0) is 10.5. The third kappa shape index (κ3) is 3.52. The molecule has 2 nitrogen and oxygen atoms in total. The second-order valence-electron chi connectivity index (χ2n) is 3.85. The maximum absolute atomic E-state index is 5.42. The Bertz CT molecular complexity index is 310. The van der Waals surface area contributed by atoms with E-state index in [9.17, 15) is 0 Å². The van der Waals surface area contributed by atoms with E-state index in [0.29, 0.717) is 6.04 Å². The first kappa shape index (κ1) is 11.0. The molecule has 1 saturated heterocycles. The van der Waals surface area contributed by atoms with Crippen molar-refractivity contribution in [1.29, 1.82) is 0 Å². The Balaban J connectivity index is 1.81. The normalized spacial score (nSPS) is 21.5. The smallest absolute Gasteiger partial charge is 0.0628 e. The van der Waals surface area contributed by atoms with Crippen LogP contribution in [0.1, 0.15) is 5.56 Å². The van der Waals surface area contributed by atoms with Crippen molar-refractivity contribution in [2.24, 2.45) is 0 Å². The third-order valence-corrected chi connectivity index (χ3v) is 3.60. The van der Waals surface area contributed by atoms with E-state index in [0.717, 1.165) is 25.5 Å². The Morgan fingerprint density at radius 3 is 3.20 bits per heavy atom. The molecule has 1 aliphatic heterocycles. The molecule has 15 heavy (non-hydrogen) atoms. The van der Waals surface area contributed by atoms with Gasteiger partial charge in [0.25, 0.3) is 0 Å². The van der Waals surface area contributed by atoms with Crippen molar-refractivity contribution in [2.75, 3.05) is 25.5 Å². The minimum Gasteiger partial charge on any atom is -0.378 e. The van der Waals surface area contributed by atoms with Crippen molar-refractivity contribution >= 4 is 11.8 Å². The van der Waals surface area contributed by atoms with E-state index in [-0.39, 0.29) is 0 Å². The highest BCUT2D eigenvalue weighted by molar-refractivity contribution is 7.99. The fourth-order valence-corrected chi connectivity index (χ4v) is 2.68. The minimum absolute atomic E-state index is 0.504. The van der Waals surface area contributed by atoms with Gasteiger partial charge in [-0.1, -0.05) is 17.7 Å². The molecule has 0 bridgehead atoms. The largest absolute Gasteiger partial charge is 0.378 e. The maximum atomic E-state index is 5.42. The van der Waals surface area contributed by atoms with Crippen LogP contribution >= 0.6 is 11.8 Å². The molecular weight excluding hydrogens is 206 g/mol. The van der Waals surface area contributed by atoms with Gasteiger partial charge in [-0.3, -0.25) is 0 Å². The minimum atomic E-state index is 0.504. The van der Waals surface area contributed by atoms with Gasteiger partial charge >= 0.3 is 0 Å². The number of morpholine rings is 1. The monoisotopic (exact) mass is 223 g/mol. The molecule has 0 spiro atoms. The summed E-state index contributed by atoms with van der Waals surface area (Å²) in [6, 6.07) is 9.15. The van der Waals surface area contributed by atoms with Crippen LogP contribution in [0.5, 0.6) is 0 Å². The standard InChI is InChI=1S/C12H17NOS/c1-10-3-2-4-12(7-10)15-9-11-8-14-6-5-13-11/h2-4,7,11,13H,5-6,8-9H2,1H3. The Labute approximate surface area is 95.4 Å². The number of aryl methyl sites for hydroxylation is 1. The molecule has 1 heterocycles. The molecule has 0 radical (unpaired) electrons. The first-order valence-corrected chi connectivity index (χ1v) is 6.34. The van der Waals surface area contributed by atoms with Gasteiger partial charge < -0.3 is 10.1 Å². The number of ether oxygens (including phenoxy) is 1. The number of hydrogen-bond donors (Lipinski definition) is 1. The zero-order valence-corrected chi connectivity index (χ0v) is 9.85.